The highest BCUT2D eigenvalue weighted by molar-refractivity contribution is 7.14. The Labute approximate surface area is 190 Å². The average molecular weight is 441 g/mol. The van der Waals surface area contributed by atoms with Crippen LogP contribution in [-0.4, -0.2) is 35.6 Å². The van der Waals surface area contributed by atoms with Crippen molar-refractivity contribution in [2.45, 2.75) is 77.0 Å². The summed E-state index contributed by atoms with van der Waals surface area (Å²) >= 11 is 1.68. The number of nitrogens with zero attached hydrogens (tertiary/aromatic N) is 2. The van der Waals surface area contributed by atoms with Crippen LogP contribution in [0.25, 0.3) is 11.3 Å². The lowest BCUT2D eigenvalue weighted by molar-refractivity contribution is -0.123. The van der Waals surface area contributed by atoms with Gasteiger partial charge in [-0.25, -0.2) is 4.98 Å². The number of aliphatic hydroxyl groups excluding tert-OH is 1. The van der Waals surface area contributed by atoms with Crippen LogP contribution in [0, 0.1) is 5.92 Å². The van der Waals surface area contributed by atoms with Gasteiger partial charge >= 0.3 is 0 Å². The summed E-state index contributed by atoms with van der Waals surface area (Å²) < 4.78 is 0. The molecule has 1 aliphatic heterocycles. The number of aliphatic hydroxyl groups is 1. The molecule has 1 aliphatic carbocycles. The summed E-state index contributed by atoms with van der Waals surface area (Å²) in [4.78, 5) is 19.7. The predicted molar refractivity (Wildman–Crippen MR) is 129 cm³/mol. The summed E-state index contributed by atoms with van der Waals surface area (Å²) in [6.45, 7) is 11.2. The van der Waals surface area contributed by atoms with Crippen LogP contribution in [0.3, 0.4) is 0 Å². The second kappa shape index (κ2) is 8.67. The normalized spacial score (nSPS) is 22.2. The van der Waals surface area contributed by atoms with Crippen molar-refractivity contribution in [3.05, 3.63) is 34.7 Å². The third-order valence-corrected chi connectivity index (χ3v) is 8.27. The van der Waals surface area contributed by atoms with Crippen molar-refractivity contribution < 1.29 is 9.90 Å². The molecule has 1 N–H and O–H groups in total. The van der Waals surface area contributed by atoms with Crippen LogP contribution in [0.4, 0.5) is 5.13 Å². The molecule has 1 aromatic carbocycles. The summed E-state index contributed by atoms with van der Waals surface area (Å²) in [5.74, 6) is 0.356. The average Bonchev–Trinajstić information content (AvgIpc) is 3.25. The van der Waals surface area contributed by atoms with Crippen molar-refractivity contribution in [1.82, 2.24) is 4.98 Å². The second-order valence-electron chi connectivity index (χ2n) is 10.6. The first-order valence-electron chi connectivity index (χ1n) is 11.7. The first kappa shape index (κ1) is 22.5. The number of hydrogen-bond acceptors (Lipinski definition) is 5. The zero-order valence-electron chi connectivity index (χ0n) is 19.4. The van der Waals surface area contributed by atoms with Gasteiger partial charge in [-0.3, -0.25) is 4.79 Å². The molecule has 0 amide bonds. The molecule has 0 saturated carbocycles. The molecule has 5 heteroatoms. The number of Topliss-reactive ketones (excluding diaryl/α,β-unsaturated/α-hetero) is 1. The maximum Gasteiger partial charge on any atom is 0.185 e. The van der Waals surface area contributed by atoms with E-state index < -0.39 is 0 Å². The Bertz CT molecular complexity index is 947. The van der Waals surface area contributed by atoms with Crippen molar-refractivity contribution in [3.63, 3.8) is 0 Å². The molecule has 168 valence electrons. The molecule has 4 nitrogen and oxygen atoms in total. The Hall–Kier alpha value is -1.72. The Morgan fingerprint density at radius 3 is 2.68 bits per heavy atom. The summed E-state index contributed by atoms with van der Waals surface area (Å²) in [6.07, 6.45) is 5.46. The van der Waals surface area contributed by atoms with Gasteiger partial charge in [-0.2, -0.15) is 0 Å². The third-order valence-electron chi connectivity index (χ3n) is 7.37. The highest BCUT2D eigenvalue weighted by Gasteiger charge is 2.37. The third kappa shape index (κ3) is 4.58. The molecule has 4 rings (SSSR count). The maximum atomic E-state index is 12.5. The molecule has 2 heterocycles. The molecular formula is C26H36N2O2S. The van der Waals surface area contributed by atoms with E-state index in [0.29, 0.717) is 12.8 Å². The molecule has 1 fully saturated rings. The van der Waals surface area contributed by atoms with Crippen molar-refractivity contribution >= 4 is 22.3 Å². The lowest BCUT2D eigenvalue weighted by Crippen LogP contribution is -2.38. The number of fused-ring (bicyclic) bond motifs is 1. The van der Waals surface area contributed by atoms with Crippen molar-refractivity contribution in [2.75, 3.05) is 24.6 Å². The molecule has 1 unspecified atom stereocenters. The van der Waals surface area contributed by atoms with Gasteiger partial charge in [0.15, 0.2) is 5.13 Å². The molecule has 2 aromatic rings. The summed E-state index contributed by atoms with van der Waals surface area (Å²) in [7, 11) is 0. The summed E-state index contributed by atoms with van der Waals surface area (Å²) in [5, 5.41) is 12.2. The molecule has 0 spiro atoms. The largest absolute Gasteiger partial charge is 0.396 e. The Morgan fingerprint density at radius 2 is 1.94 bits per heavy atom. The lowest BCUT2D eigenvalue weighted by Gasteiger charge is -2.42. The van der Waals surface area contributed by atoms with Crippen LogP contribution in [0.15, 0.2) is 23.6 Å². The SMILES string of the molecule is CC1(C)CCC(C)(C)c2cc(-c3csc(N4CCCC(C(=O)CCCO)C4)n3)ccc21. The van der Waals surface area contributed by atoms with Gasteiger partial charge in [-0.05, 0) is 60.1 Å². The molecule has 0 bridgehead atoms. The highest BCUT2D eigenvalue weighted by atomic mass is 32.1. The van der Waals surface area contributed by atoms with E-state index in [9.17, 15) is 4.79 Å². The van der Waals surface area contributed by atoms with Crippen LogP contribution in [0.2, 0.25) is 0 Å². The van der Waals surface area contributed by atoms with E-state index in [1.807, 2.05) is 0 Å². The number of aromatic nitrogens is 1. The molecule has 1 aromatic heterocycles. The topological polar surface area (TPSA) is 53.4 Å². The van der Waals surface area contributed by atoms with E-state index in [0.717, 1.165) is 36.8 Å². The van der Waals surface area contributed by atoms with Crippen LogP contribution >= 0.6 is 11.3 Å². The number of piperidine rings is 1. The van der Waals surface area contributed by atoms with Gasteiger partial charge in [0.2, 0.25) is 0 Å². The minimum absolute atomic E-state index is 0.0689. The highest BCUT2D eigenvalue weighted by Crippen LogP contribution is 2.47. The number of thiazole rings is 1. The quantitative estimate of drug-likeness (QED) is 0.624. The number of carbonyl (C=O) groups is 1. The molecule has 1 saturated heterocycles. The van der Waals surface area contributed by atoms with Gasteiger partial charge in [0, 0.05) is 43.0 Å². The minimum Gasteiger partial charge on any atom is -0.396 e. The zero-order valence-corrected chi connectivity index (χ0v) is 20.2. The molecular weight excluding hydrogens is 404 g/mol. The number of benzene rings is 1. The van der Waals surface area contributed by atoms with Crippen LogP contribution in [-0.2, 0) is 15.6 Å². The standard InChI is InChI=1S/C26H36N2O2S/c1-25(2)11-12-26(3,4)21-15-18(9-10-20(21)25)22-17-31-24(27-22)28-13-5-7-19(16-28)23(30)8-6-14-29/h9-10,15,17,19,29H,5-8,11-14,16H2,1-4H3. The number of hydrogen-bond donors (Lipinski definition) is 1. The van der Waals surface area contributed by atoms with Crippen molar-refractivity contribution in [1.29, 1.82) is 0 Å². The minimum atomic E-state index is 0.0689. The van der Waals surface area contributed by atoms with Gasteiger partial charge < -0.3 is 10.0 Å². The Kier molecular flexibility index (Phi) is 6.28. The molecule has 0 radical (unpaired) electrons. The van der Waals surface area contributed by atoms with E-state index in [1.54, 1.807) is 11.3 Å². The fourth-order valence-electron chi connectivity index (χ4n) is 5.16. The van der Waals surface area contributed by atoms with E-state index in [2.05, 4.69) is 56.2 Å². The van der Waals surface area contributed by atoms with Gasteiger partial charge in [0.05, 0.1) is 5.69 Å². The summed E-state index contributed by atoms with van der Waals surface area (Å²) in [5.41, 5.74) is 5.58. The smallest absolute Gasteiger partial charge is 0.185 e. The fourth-order valence-corrected chi connectivity index (χ4v) is 6.03. The molecule has 2 aliphatic rings. The predicted octanol–water partition coefficient (Wildman–Crippen LogP) is 5.72. The Balaban J connectivity index is 1.55. The van der Waals surface area contributed by atoms with Crippen molar-refractivity contribution in [3.8, 4) is 11.3 Å². The first-order valence-corrected chi connectivity index (χ1v) is 12.6. The van der Waals surface area contributed by atoms with E-state index in [4.69, 9.17) is 10.1 Å². The zero-order chi connectivity index (χ0) is 22.2. The number of rotatable bonds is 6. The summed E-state index contributed by atoms with van der Waals surface area (Å²) in [6, 6.07) is 6.92. The maximum absolute atomic E-state index is 12.5. The lowest BCUT2D eigenvalue weighted by atomic mass is 9.63. The second-order valence-corrected chi connectivity index (χ2v) is 11.5. The van der Waals surface area contributed by atoms with Crippen molar-refractivity contribution in [2.24, 2.45) is 5.92 Å². The van der Waals surface area contributed by atoms with Crippen LogP contribution < -0.4 is 4.90 Å². The number of anilines is 1. The fraction of sp³-hybridized carbons (Fsp3) is 0.615. The van der Waals surface area contributed by atoms with Gasteiger partial charge in [0.25, 0.3) is 0 Å². The van der Waals surface area contributed by atoms with Gasteiger partial charge in [-0.1, -0.05) is 39.8 Å². The van der Waals surface area contributed by atoms with Gasteiger partial charge in [-0.15, -0.1) is 11.3 Å². The van der Waals surface area contributed by atoms with Crippen LogP contribution in [0.1, 0.15) is 77.3 Å². The first-order chi connectivity index (χ1) is 14.7. The van der Waals surface area contributed by atoms with Crippen LogP contribution in [0.5, 0.6) is 0 Å². The monoisotopic (exact) mass is 440 g/mol. The van der Waals surface area contributed by atoms with Gasteiger partial charge in [0.1, 0.15) is 5.78 Å². The Morgan fingerprint density at radius 1 is 1.19 bits per heavy atom. The van der Waals surface area contributed by atoms with E-state index >= 15 is 0 Å². The molecule has 1 atom stereocenters. The molecule has 31 heavy (non-hydrogen) atoms. The number of carbonyl (C=O) groups excluding carboxylic acids is 1. The van der Waals surface area contributed by atoms with E-state index in [-0.39, 0.29) is 29.1 Å². The number of ketones is 1. The van der Waals surface area contributed by atoms with E-state index in [1.165, 1.54) is 29.5 Å².